The molecule has 1 unspecified atom stereocenters. The summed E-state index contributed by atoms with van der Waals surface area (Å²) in [5, 5.41) is 11.9. The van der Waals surface area contributed by atoms with E-state index in [1.54, 1.807) is 0 Å². The lowest BCUT2D eigenvalue weighted by Gasteiger charge is -2.11. The second kappa shape index (κ2) is 10.9. The van der Waals surface area contributed by atoms with Gasteiger partial charge >= 0.3 is 0 Å². The summed E-state index contributed by atoms with van der Waals surface area (Å²) in [5.74, 6) is -0.0287. The van der Waals surface area contributed by atoms with Gasteiger partial charge in [-0.15, -0.1) is 0 Å². The molecule has 114 valence electrons. The minimum absolute atomic E-state index is 0.0287. The van der Waals surface area contributed by atoms with Crippen LogP contribution in [0.4, 0.5) is 0 Å². The van der Waals surface area contributed by atoms with E-state index in [0.717, 1.165) is 18.4 Å². The van der Waals surface area contributed by atoms with Gasteiger partial charge in [0.05, 0.1) is 6.07 Å². The van der Waals surface area contributed by atoms with E-state index >= 15 is 0 Å². The zero-order chi connectivity index (χ0) is 15.3. The monoisotopic (exact) mass is 286 g/mol. The highest BCUT2D eigenvalue weighted by Gasteiger charge is 2.12. The lowest BCUT2D eigenvalue weighted by atomic mass is 10.1. The third-order valence-corrected chi connectivity index (χ3v) is 3.57. The zero-order valence-electron chi connectivity index (χ0n) is 13.0. The summed E-state index contributed by atoms with van der Waals surface area (Å²) in [6.45, 7) is 2.21. The summed E-state index contributed by atoms with van der Waals surface area (Å²) in [5.41, 5.74) is 0.841. The number of hydrogen-bond donors (Lipinski definition) is 1. The van der Waals surface area contributed by atoms with Crippen molar-refractivity contribution < 1.29 is 4.79 Å². The van der Waals surface area contributed by atoms with E-state index in [0.29, 0.717) is 6.42 Å². The van der Waals surface area contributed by atoms with Crippen LogP contribution in [0.15, 0.2) is 30.3 Å². The van der Waals surface area contributed by atoms with E-state index in [-0.39, 0.29) is 5.91 Å². The second-order valence-corrected chi connectivity index (χ2v) is 5.41. The number of hydrogen-bond acceptors (Lipinski definition) is 2. The maximum atomic E-state index is 11.9. The zero-order valence-corrected chi connectivity index (χ0v) is 13.0. The Labute approximate surface area is 128 Å². The maximum absolute atomic E-state index is 11.9. The summed E-state index contributed by atoms with van der Waals surface area (Å²) in [6, 6.07) is 11.0. The fourth-order valence-corrected chi connectivity index (χ4v) is 2.31. The van der Waals surface area contributed by atoms with Crippen molar-refractivity contribution >= 4 is 5.91 Å². The van der Waals surface area contributed by atoms with Crippen molar-refractivity contribution in [3.63, 3.8) is 0 Å². The topological polar surface area (TPSA) is 52.9 Å². The van der Waals surface area contributed by atoms with Crippen LogP contribution >= 0.6 is 0 Å². The highest BCUT2D eigenvalue weighted by molar-refractivity contribution is 5.76. The summed E-state index contributed by atoms with van der Waals surface area (Å²) >= 11 is 0. The fraction of sp³-hybridized carbons (Fsp3) is 0.556. The number of nitrogens with zero attached hydrogens (tertiary/aromatic N) is 1. The van der Waals surface area contributed by atoms with E-state index < -0.39 is 6.04 Å². The van der Waals surface area contributed by atoms with Crippen LogP contribution in [0.25, 0.3) is 0 Å². The molecule has 0 spiro atoms. The first-order chi connectivity index (χ1) is 10.3. The Kier molecular flexibility index (Phi) is 8.95. The standard InChI is InChI=1S/C18H26N2O/c1-2-3-4-5-6-7-11-14-18(21)20-17(15-19)16-12-9-8-10-13-16/h8-10,12-13,17H,2-7,11,14H2,1H3,(H,20,21). The number of amides is 1. The Morgan fingerprint density at radius 2 is 1.71 bits per heavy atom. The van der Waals surface area contributed by atoms with Gasteiger partial charge in [0.1, 0.15) is 6.04 Å². The van der Waals surface area contributed by atoms with Gasteiger partial charge in [0, 0.05) is 6.42 Å². The molecule has 1 aromatic rings. The molecule has 1 rings (SSSR count). The van der Waals surface area contributed by atoms with Crippen LogP contribution in [0.5, 0.6) is 0 Å². The average Bonchev–Trinajstić information content (AvgIpc) is 2.52. The number of nitriles is 1. The number of carbonyl (C=O) groups is 1. The van der Waals surface area contributed by atoms with Crippen molar-refractivity contribution in [2.24, 2.45) is 0 Å². The molecule has 0 aliphatic carbocycles. The predicted molar refractivity (Wildman–Crippen MR) is 85.5 cm³/mol. The summed E-state index contributed by atoms with van der Waals surface area (Å²) < 4.78 is 0. The van der Waals surface area contributed by atoms with Gasteiger partial charge < -0.3 is 5.32 Å². The van der Waals surface area contributed by atoms with Crippen LogP contribution in [0.3, 0.4) is 0 Å². The first kappa shape index (κ1) is 17.2. The summed E-state index contributed by atoms with van der Waals surface area (Å²) in [6.07, 6.45) is 8.85. The third-order valence-electron chi connectivity index (χ3n) is 3.57. The molecular weight excluding hydrogens is 260 g/mol. The molecule has 0 aromatic heterocycles. The smallest absolute Gasteiger partial charge is 0.221 e. The van der Waals surface area contributed by atoms with Gasteiger partial charge in [-0.3, -0.25) is 4.79 Å². The number of carbonyl (C=O) groups excluding carboxylic acids is 1. The number of unbranched alkanes of at least 4 members (excludes halogenated alkanes) is 6. The van der Waals surface area contributed by atoms with Crippen LogP contribution in [0, 0.1) is 11.3 Å². The molecule has 21 heavy (non-hydrogen) atoms. The van der Waals surface area contributed by atoms with E-state index in [1.807, 2.05) is 30.3 Å². The first-order valence-corrected chi connectivity index (χ1v) is 8.02. The first-order valence-electron chi connectivity index (χ1n) is 8.02. The molecule has 0 saturated carbocycles. The van der Waals surface area contributed by atoms with Gasteiger partial charge in [0.15, 0.2) is 0 Å². The molecule has 1 amide bonds. The van der Waals surface area contributed by atoms with E-state index in [1.165, 1.54) is 32.1 Å². The van der Waals surface area contributed by atoms with Crippen LogP contribution in [-0.4, -0.2) is 5.91 Å². The normalized spacial score (nSPS) is 11.6. The van der Waals surface area contributed by atoms with E-state index in [2.05, 4.69) is 18.3 Å². The average molecular weight is 286 g/mol. The largest absolute Gasteiger partial charge is 0.337 e. The lowest BCUT2D eigenvalue weighted by Crippen LogP contribution is -2.27. The SMILES string of the molecule is CCCCCCCCCC(=O)NC(C#N)c1ccccc1. The van der Waals surface area contributed by atoms with Crippen LogP contribution in [0.2, 0.25) is 0 Å². The Balaban J connectivity index is 2.19. The molecule has 0 saturated heterocycles. The van der Waals surface area contributed by atoms with Gasteiger partial charge in [-0.05, 0) is 12.0 Å². The fourth-order valence-electron chi connectivity index (χ4n) is 2.31. The second-order valence-electron chi connectivity index (χ2n) is 5.41. The van der Waals surface area contributed by atoms with Gasteiger partial charge in [0.25, 0.3) is 0 Å². The molecule has 1 atom stereocenters. The molecule has 0 fully saturated rings. The Bertz CT molecular complexity index is 436. The van der Waals surface area contributed by atoms with Crippen LogP contribution in [0.1, 0.15) is 69.9 Å². The quantitative estimate of drug-likeness (QED) is 0.643. The molecule has 0 radical (unpaired) electrons. The maximum Gasteiger partial charge on any atom is 0.221 e. The van der Waals surface area contributed by atoms with Crippen molar-refractivity contribution in [3.8, 4) is 6.07 Å². The minimum atomic E-state index is -0.539. The van der Waals surface area contributed by atoms with Crippen molar-refractivity contribution in [1.29, 1.82) is 5.26 Å². The summed E-state index contributed by atoms with van der Waals surface area (Å²) in [7, 11) is 0. The number of rotatable bonds is 10. The molecule has 0 aliphatic heterocycles. The van der Waals surface area contributed by atoms with Crippen molar-refractivity contribution in [2.75, 3.05) is 0 Å². The predicted octanol–water partition coefficient (Wildman–Crippen LogP) is 4.51. The molecule has 0 aliphatic rings. The molecule has 3 heteroatoms. The number of benzene rings is 1. The molecular formula is C18H26N2O. The van der Waals surface area contributed by atoms with Crippen molar-refractivity contribution in [1.82, 2.24) is 5.32 Å². The van der Waals surface area contributed by atoms with E-state index in [4.69, 9.17) is 5.26 Å². The molecule has 0 heterocycles. The van der Waals surface area contributed by atoms with E-state index in [9.17, 15) is 4.79 Å². The van der Waals surface area contributed by atoms with Crippen molar-refractivity contribution in [3.05, 3.63) is 35.9 Å². The van der Waals surface area contributed by atoms with Gasteiger partial charge in [0.2, 0.25) is 5.91 Å². The highest BCUT2D eigenvalue weighted by Crippen LogP contribution is 2.12. The Hall–Kier alpha value is -1.82. The van der Waals surface area contributed by atoms with Crippen LogP contribution in [-0.2, 0) is 4.79 Å². The van der Waals surface area contributed by atoms with Crippen LogP contribution < -0.4 is 5.32 Å². The number of nitrogens with one attached hydrogen (secondary N) is 1. The third kappa shape index (κ3) is 7.51. The summed E-state index contributed by atoms with van der Waals surface area (Å²) in [4.78, 5) is 11.9. The highest BCUT2D eigenvalue weighted by atomic mass is 16.1. The molecule has 1 aromatic carbocycles. The molecule has 1 N–H and O–H groups in total. The minimum Gasteiger partial charge on any atom is -0.337 e. The van der Waals surface area contributed by atoms with Gasteiger partial charge in [-0.25, -0.2) is 0 Å². The Morgan fingerprint density at radius 3 is 2.33 bits per heavy atom. The van der Waals surface area contributed by atoms with Gasteiger partial charge in [-0.2, -0.15) is 5.26 Å². The van der Waals surface area contributed by atoms with Gasteiger partial charge in [-0.1, -0.05) is 75.8 Å². The van der Waals surface area contributed by atoms with Crippen molar-refractivity contribution in [2.45, 2.75) is 64.3 Å². The Morgan fingerprint density at radius 1 is 1.10 bits per heavy atom. The molecule has 3 nitrogen and oxygen atoms in total. The molecule has 0 bridgehead atoms. The lowest BCUT2D eigenvalue weighted by molar-refractivity contribution is -0.121.